The van der Waals surface area contributed by atoms with E-state index >= 15 is 0 Å². The molecule has 1 spiro atoms. The van der Waals surface area contributed by atoms with Crippen molar-refractivity contribution in [3.63, 3.8) is 0 Å². The molecule has 1 N–H and O–H groups in total. The van der Waals surface area contributed by atoms with Gasteiger partial charge in [-0.25, -0.2) is 12.8 Å². The predicted octanol–water partition coefficient (Wildman–Crippen LogP) is 1.82. The highest BCUT2D eigenvalue weighted by Gasteiger charge is 2.44. The molecule has 1 unspecified atom stereocenters. The smallest absolute Gasteiger partial charge is 0.150 e. The molecule has 1 atom stereocenters. The van der Waals surface area contributed by atoms with Crippen molar-refractivity contribution in [2.75, 3.05) is 18.6 Å². The van der Waals surface area contributed by atoms with Crippen LogP contribution < -0.4 is 10.1 Å². The van der Waals surface area contributed by atoms with E-state index in [1.807, 2.05) is 7.05 Å². The van der Waals surface area contributed by atoms with E-state index in [9.17, 15) is 12.8 Å². The van der Waals surface area contributed by atoms with Crippen molar-refractivity contribution < 1.29 is 17.5 Å². The number of rotatable bonds is 1. The van der Waals surface area contributed by atoms with Gasteiger partial charge in [-0.3, -0.25) is 0 Å². The first-order valence-electron chi connectivity index (χ1n) is 6.79. The minimum absolute atomic E-state index is 0.00439. The fourth-order valence-corrected chi connectivity index (χ4v) is 4.69. The summed E-state index contributed by atoms with van der Waals surface area (Å²) in [7, 11) is -1.10. The summed E-state index contributed by atoms with van der Waals surface area (Å²) in [4.78, 5) is 0. The molecule has 1 saturated heterocycles. The summed E-state index contributed by atoms with van der Waals surface area (Å²) in [6, 6.07) is 4.50. The van der Waals surface area contributed by atoms with Crippen LogP contribution in [0.3, 0.4) is 0 Å². The Bertz CT molecular complexity index is 615. The molecule has 2 heterocycles. The lowest BCUT2D eigenvalue weighted by Crippen LogP contribution is -2.49. The third-order valence-electron chi connectivity index (χ3n) is 4.34. The minimum Gasteiger partial charge on any atom is -0.487 e. The minimum atomic E-state index is -2.93. The van der Waals surface area contributed by atoms with Crippen molar-refractivity contribution in [3.05, 3.63) is 29.6 Å². The van der Waals surface area contributed by atoms with Crippen molar-refractivity contribution in [2.45, 2.75) is 30.9 Å². The Morgan fingerprint density at radius 1 is 1.35 bits per heavy atom. The predicted molar refractivity (Wildman–Crippen MR) is 74.1 cm³/mol. The van der Waals surface area contributed by atoms with E-state index in [4.69, 9.17) is 4.74 Å². The fraction of sp³-hybridized carbons (Fsp3) is 0.571. The van der Waals surface area contributed by atoms with E-state index < -0.39 is 15.4 Å². The van der Waals surface area contributed by atoms with Crippen LogP contribution in [-0.4, -0.2) is 32.6 Å². The van der Waals surface area contributed by atoms with E-state index in [0.717, 1.165) is 5.56 Å². The Labute approximate surface area is 118 Å². The highest BCUT2D eigenvalue weighted by molar-refractivity contribution is 7.91. The average Bonchev–Trinajstić information content (AvgIpc) is 2.42. The van der Waals surface area contributed by atoms with E-state index in [1.54, 1.807) is 6.07 Å². The maximum absolute atomic E-state index is 13.4. The summed E-state index contributed by atoms with van der Waals surface area (Å²) >= 11 is 0. The lowest BCUT2D eigenvalue weighted by atomic mass is 9.83. The van der Waals surface area contributed by atoms with E-state index in [1.165, 1.54) is 12.1 Å². The SMILES string of the molecule is CNC1CC2(CCS(=O)(=O)CC2)Oc2ccc(F)cc21. The van der Waals surface area contributed by atoms with Crippen LogP contribution in [0, 0.1) is 5.82 Å². The molecule has 1 aromatic rings. The molecule has 0 saturated carbocycles. The Morgan fingerprint density at radius 2 is 2.05 bits per heavy atom. The van der Waals surface area contributed by atoms with Crippen LogP contribution in [0.25, 0.3) is 0 Å². The van der Waals surface area contributed by atoms with Gasteiger partial charge < -0.3 is 10.1 Å². The standard InChI is InChI=1S/C14H18FNO3S/c1-16-12-9-14(4-6-20(17,18)7-5-14)19-13-3-2-10(15)8-11(12)13/h2-3,8,12,16H,4-7,9H2,1H3. The Hall–Kier alpha value is -1.14. The number of hydrogen-bond donors (Lipinski definition) is 1. The van der Waals surface area contributed by atoms with Crippen LogP contribution in [-0.2, 0) is 9.84 Å². The number of ether oxygens (including phenoxy) is 1. The fourth-order valence-electron chi connectivity index (χ4n) is 3.12. The largest absolute Gasteiger partial charge is 0.487 e. The van der Waals surface area contributed by atoms with Gasteiger partial charge in [0.1, 0.15) is 17.2 Å². The zero-order valence-electron chi connectivity index (χ0n) is 11.4. The number of fused-ring (bicyclic) bond motifs is 1. The van der Waals surface area contributed by atoms with Gasteiger partial charge in [-0.15, -0.1) is 0 Å². The van der Waals surface area contributed by atoms with Gasteiger partial charge in [0.15, 0.2) is 9.84 Å². The molecule has 1 fully saturated rings. The zero-order valence-corrected chi connectivity index (χ0v) is 12.2. The van der Waals surface area contributed by atoms with Crippen LogP contribution in [0.5, 0.6) is 5.75 Å². The average molecular weight is 299 g/mol. The molecule has 20 heavy (non-hydrogen) atoms. The molecule has 3 rings (SSSR count). The molecule has 0 bridgehead atoms. The normalized spacial score (nSPS) is 26.8. The Kier molecular flexibility index (Phi) is 3.25. The van der Waals surface area contributed by atoms with E-state index in [2.05, 4.69) is 5.32 Å². The maximum atomic E-state index is 13.4. The Balaban J connectivity index is 1.93. The molecular weight excluding hydrogens is 281 g/mol. The first-order valence-corrected chi connectivity index (χ1v) is 8.61. The van der Waals surface area contributed by atoms with Gasteiger partial charge in [-0.2, -0.15) is 0 Å². The molecule has 6 heteroatoms. The Morgan fingerprint density at radius 3 is 2.70 bits per heavy atom. The third-order valence-corrected chi connectivity index (χ3v) is 5.99. The van der Waals surface area contributed by atoms with Gasteiger partial charge in [0.05, 0.1) is 11.5 Å². The number of sulfone groups is 1. The molecular formula is C14H18FNO3S. The summed E-state index contributed by atoms with van der Waals surface area (Å²) in [6.07, 6.45) is 1.68. The van der Waals surface area contributed by atoms with Gasteiger partial charge in [0.2, 0.25) is 0 Å². The highest BCUT2D eigenvalue weighted by Crippen LogP contribution is 2.44. The highest BCUT2D eigenvalue weighted by atomic mass is 32.2. The molecule has 0 amide bonds. The molecule has 0 aromatic heterocycles. The molecule has 2 aliphatic rings. The molecule has 2 aliphatic heterocycles. The summed E-state index contributed by atoms with van der Waals surface area (Å²) in [5.74, 6) is 0.714. The lowest BCUT2D eigenvalue weighted by Gasteiger charge is -2.44. The van der Waals surface area contributed by atoms with Gasteiger partial charge in [0.25, 0.3) is 0 Å². The second-order valence-corrected chi connectivity index (χ2v) is 7.97. The molecule has 110 valence electrons. The maximum Gasteiger partial charge on any atom is 0.150 e. The molecule has 4 nitrogen and oxygen atoms in total. The van der Waals surface area contributed by atoms with Crippen LogP contribution in [0.4, 0.5) is 4.39 Å². The third kappa shape index (κ3) is 2.42. The lowest BCUT2D eigenvalue weighted by molar-refractivity contribution is 0.0219. The van der Waals surface area contributed by atoms with Crippen LogP contribution in [0.2, 0.25) is 0 Å². The monoisotopic (exact) mass is 299 g/mol. The van der Waals surface area contributed by atoms with Crippen LogP contribution in [0.1, 0.15) is 30.9 Å². The summed E-state index contributed by atoms with van der Waals surface area (Å²) < 4.78 is 42.6. The number of benzene rings is 1. The van der Waals surface area contributed by atoms with Crippen molar-refractivity contribution >= 4 is 9.84 Å². The van der Waals surface area contributed by atoms with Crippen molar-refractivity contribution in [1.29, 1.82) is 0 Å². The topological polar surface area (TPSA) is 55.4 Å². The van der Waals surface area contributed by atoms with Crippen LogP contribution >= 0.6 is 0 Å². The summed E-state index contributed by atoms with van der Waals surface area (Å²) in [5, 5.41) is 3.18. The summed E-state index contributed by atoms with van der Waals surface area (Å²) in [5.41, 5.74) is 0.371. The quantitative estimate of drug-likeness (QED) is 0.859. The van der Waals surface area contributed by atoms with Gasteiger partial charge in [0, 0.05) is 30.9 Å². The second kappa shape index (κ2) is 4.70. The van der Waals surface area contributed by atoms with E-state index in [0.29, 0.717) is 25.0 Å². The molecule has 1 aromatic carbocycles. The number of hydrogen-bond acceptors (Lipinski definition) is 4. The van der Waals surface area contributed by atoms with Crippen molar-refractivity contribution in [2.24, 2.45) is 0 Å². The first kappa shape index (κ1) is 13.8. The van der Waals surface area contributed by atoms with Gasteiger partial charge in [-0.1, -0.05) is 0 Å². The second-order valence-electron chi connectivity index (χ2n) is 5.66. The molecule has 0 radical (unpaired) electrons. The first-order chi connectivity index (χ1) is 9.43. The summed E-state index contributed by atoms with van der Waals surface area (Å²) in [6.45, 7) is 0. The number of halogens is 1. The zero-order chi connectivity index (χ0) is 14.4. The number of nitrogens with one attached hydrogen (secondary N) is 1. The molecule has 0 aliphatic carbocycles. The van der Waals surface area contributed by atoms with Crippen molar-refractivity contribution in [1.82, 2.24) is 5.32 Å². The van der Waals surface area contributed by atoms with Gasteiger partial charge in [-0.05, 0) is 25.2 Å². The van der Waals surface area contributed by atoms with Crippen molar-refractivity contribution in [3.8, 4) is 5.75 Å². The van der Waals surface area contributed by atoms with E-state index in [-0.39, 0.29) is 23.4 Å². The van der Waals surface area contributed by atoms with Gasteiger partial charge >= 0.3 is 0 Å². The van der Waals surface area contributed by atoms with Crippen LogP contribution in [0.15, 0.2) is 18.2 Å².